The molecular weight excluding hydrogens is 511 g/mol. The molecule has 8 aromatic rings. The molecule has 2 aromatic heterocycles. The van der Waals surface area contributed by atoms with Crippen molar-refractivity contribution in [2.24, 2.45) is 0 Å². The van der Waals surface area contributed by atoms with Crippen molar-refractivity contribution in [3.63, 3.8) is 0 Å². The van der Waals surface area contributed by atoms with Crippen LogP contribution in [-0.2, 0) is 0 Å². The second-order valence-electron chi connectivity index (χ2n) is 9.75. The number of anilines is 3. The molecule has 3 heteroatoms. The summed E-state index contributed by atoms with van der Waals surface area (Å²) in [7, 11) is 0. The molecule has 0 saturated heterocycles. The standard InChI is InChI=1S/C36H23NS2/c1-3-11-24(12-4-1)27-21-22-31-29-16-8-10-18-33(29)39-36(31)35(27)37(25-13-5-2-6-14-25)26-19-20-30-28-15-7-9-17-32(28)38-34(30)23-26/h1-23H. The highest BCUT2D eigenvalue weighted by Gasteiger charge is 2.23. The van der Waals surface area contributed by atoms with E-state index in [1.807, 2.05) is 22.7 Å². The van der Waals surface area contributed by atoms with Gasteiger partial charge in [-0.25, -0.2) is 0 Å². The first-order valence-electron chi connectivity index (χ1n) is 13.1. The molecule has 39 heavy (non-hydrogen) atoms. The van der Waals surface area contributed by atoms with Gasteiger partial charge in [0.05, 0.1) is 10.4 Å². The molecule has 6 aromatic carbocycles. The fourth-order valence-corrected chi connectivity index (χ4v) is 8.06. The van der Waals surface area contributed by atoms with E-state index in [0.717, 1.165) is 5.69 Å². The Morgan fingerprint density at radius 3 is 1.77 bits per heavy atom. The normalized spacial score (nSPS) is 11.6. The minimum Gasteiger partial charge on any atom is -0.308 e. The third-order valence-electron chi connectivity index (χ3n) is 7.46. The van der Waals surface area contributed by atoms with Gasteiger partial charge in [-0.3, -0.25) is 0 Å². The van der Waals surface area contributed by atoms with Crippen LogP contribution in [0.25, 0.3) is 51.5 Å². The Labute approximate surface area is 234 Å². The van der Waals surface area contributed by atoms with Crippen molar-refractivity contribution in [2.45, 2.75) is 0 Å². The lowest BCUT2D eigenvalue weighted by Crippen LogP contribution is -2.11. The van der Waals surface area contributed by atoms with Gasteiger partial charge in [0.15, 0.2) is 0 Å². The van der Waals surface area contributed by atoms with Crippen LogP contribution in [0.15, 0.2) is 140 Å². The summed E-state index contributed by atoms with van der Waals surface area (Å²) in [4.78, 5) is 2.46. The number of rotatable bonds is 4. The molecule has 0 bridgehead atoms. The van der Waals surface area contributed by atoms with Gasteiger partial charge in [0.2, 0.25) is 0 Å². The fourth-order valence-electron chi connectivity index (χ4n) is 5.69. The molecule has 0 amide bonds. The predicted molar refractivity (Wildman–Crippen MR) is 172 cm³/mol. The highest BCUT2D eigenvalue weighted by Crippen LogP contribution is 2.50. The number of hydrogen-bond donors (Lipinski definition) is 0. The van der Waals surface area contributed by atoms with Crippen LogP contribution < -0.4 is 4.90 Å². The van der Waals surface area contributed by atoms with Gasteiger partial charge >= 0.3 is 0 Å². The van der Waals surface area contributed by atoms with Crippen LogP contribution in [0.4, 0.5) is 17.1 Å². The van der Waals surface area contributed by atoms with Crippen LogP contribution in [0, 0.1) is 0 Å². The molecule has 0 aliphatic rings. The second kappa shape index (κ2) is 9.09. The van der Waals surface area contributed by atoms with Gasteiger partial charge in [-0.2, -0.15) is 0 Å². The fraction of sp³-hybridized carbons (Fsp3) is 0. The summed E-state index contributed by atoms with van der Waals surface area (Å²) >= 11 is 3.75. The number of benzene rings is 6. The lowest BCUT2D eigenvalue weighted by Gasteiger charge is -2.28. The number of fused-ring (bicyclic) bond motifs is 6. The molecule has 0 fully saturated rings. The first-order chi connectivity index (χ1) is 19.3. The summed E-state index contributed by atoms with van der Waals surface area (Å²) in [5.74, 6) is 0. The monoisotopic (exact) mass is 533 g/mol. The second-order valence-corrected chi connectivity index (χ2v) is 11.9. The average Bonchev–Trinajstić information content (AvgIpc) is 3.57. The number of nitrogens with zero attached hydrogens (tertiary/aromatic N) is 1. The van der Waals surface area contributed by atoms with Crippen LogP contribution in [0.2, 0.25) is 0 Å². The topological polar surface area (TPSA) is 3.24 Å². The summed E-state index contributed by atoms with van der Waals surface area (Å²) in [5, 5.41) is 5.25. The Balaban J connectivity index is 1.48. The molecule has 0 radical (unpaired) electrons. The molecule has 8 rings (SSSR count). The molecule has 0 atom stereocenters. The number of para-hydroxylation sites is 1. The van der Waals surface area contributed by atoms with Gasteiger partial charge in [0.1, 0.15) is 0 Å². The van der Waals surface area contributed by atoms with Crippen molar-refractivity contribution in [1.29, 1.82) is 0 Å². The van der Waals surface area contributed by atoms with Crippen LogP contribution in [-0.4, -0.2) is 0 Å². The van der Waals surface area contributed by atoms with E-state index in [9.17, 15) is 0 Å². The molecule has 0 spiro atoms. The zero-order valence-electron chi connectivity index (χ0n) is 21.0. The van der Waals surface area contributed by atoms with E-state index >= 15 is 0 Å². The molecular formula is C36H23NS2. The minimum atomic E-state index is 1.15. The quantitative estimate of drug-likeness (QED) is 0.217. The molecule has 2 heterocycles. The Morgan fingerprint density at radius 1 is 0.410 bits per heavy atom. The molecule has 0 unspecified atom stereocenters. The zero-order valence-corrected chi connectivity index (χ0v) is 22.7. The lowest BCUT2D eigenvalue weighted by molar-refractivity contribution is 1.31. The third kappa shape index (κ3) is 3.66. The first kappa shape index (κ1) is 22.5. The Morgan fingerprint density at radius 2 is 1.00 bits per heavy atom. The van der Waals surface area contributed by atoms with Crippen LogP contribution in [0.3, 0.4) is 0 Å². The van der Waals surface area contributed by atoms with Crippen LogP contribution >= 0.6 is 22.7 Å². The third-order valence-corrected chi connectivity index (χ3v) is 9.79. The van der Waals surface area contributed by atoms with E-state index in [4.69, 9.17) is 0 Å². The zero-order chi connectivity index (χ0) is 25.8. The molecule has 184 valence electrons. The maximum atomic E-state index is 2.46. The maximum Gasteiger partial charge on any atom is 0.0718 e. The van der Waals surface area contributed by atoms with Gasteiger partial charge in [-0.05, 0) is 42.0 Å². The lowest BCUT2D eigenvalue weighted by atomic mass is 9.99. The predicted octanol–water partition coefficient (Wildman–Crippen LogP) is 11.6. The maximum absolute atomic E-state index is 2.46. The largest absolute Gasteiger partial charge is 0.308 e. The van der Waals surface area contributed by atoms with Gasteiger partial charge in [-0.15, -0.1) is 22.7 Å². The van der Waals surface area contributed by atoms with Gasteiger partial charge in [0, 0.05) is 52.6 Å². The van der Waals surface area contributed by atoms with E-state index in [2.05, 4.69) is 144 Å². The molecule has 0 saturated carbocycles. The van der Waals surface area contributed by atoms with Crippen molar-refractivity contribution in [3.05, 3.63) is 140 Å². The summed E-state index contributed by atoms with van der Waals surface area (Å²) in [6.07, 6.45) is 0. The highest BCUT2D eigenvalue weighted by molar-refractivity contribution is 7.26. The SMILES string of the molecule is c1ccc(-c2ccc3c(sc4ccccc43)c2N(c2ccccc2)c2ccc3c(c2)sc2ccccc23)cc1. The van der Waals surface area contributed by atoms with Gasteiger partial charge < -0.3 is 4.90 Å². The number of thiophene rings is 2. The summed E-state index contributed by atoms with van der Waals surface area (Å²) < 4.78 is 5.25. The van der Waals surface area contributed by atoms with Gasteiger partial charge in [-0.1, -0.05) is 103 Å². The van der Waals surface area contributed by atoms with Crippen molar-refractivity contribution < 1.29 is 0 Å². The molecule has 0 aliphatic carbocycles. The molecule has 0 aliphatic heterocycles. The van der Waals surface area contributed by atoms with E-state index in [1.165, 1.54) is 62.8 Å². The van der Waals surface area contributed by atoms with Crippen molar-refractivity contribution in [1.82, 2.24) is 0 Å². The Hall–Kier alpha value is -4.44. The summed E-state index contributed by atoms with van der Waals surface area (Å²) in [6.45, 7) is 0. The smallest absolute Gasteiger partial charge is 0.0718 e. The van der Waals surface area contributed by atoms with Crippen molar-refractivity contribution in [2.75, 3.05) is 4.90 Å². The average molecular weight is 534 g/mol. The summed E-state index contributed by atoms with van der Waals surface area (Å²) in [5.41, 5.74) is 6.00. The first-order valence-corrected chi connectivity index (χ1v) is 14.7. The van der Waals surface area contributed by atoms with Crippen molar-refractivity contribution in [3.8, 4) is 11.1 Å². The van der Waals surface area contributed by atoms with E-state index < -0.39 is 0 Å². The van der Waals surface area contributed by atoms with Crippen molar-refractivity contribution >= 4 is 80.1 Å². The van der Waals surface area contributed by atoms with E-state index in [0.29, 0.717) is 0 Å². The Kier molecular flexibility index (Phi) is 5.25. The van der Waals surface area contributed by atoms with E-state index in [1.54, 1.807) is 0 Å². The van der Waals surface area contributed by atoms with Gasteiger partial charge in [0.25, 0.3) is 0 Å². The Bertz CT molecular complexity index is 2120. The number of hydrogen-bond acceptors (Lipinski definition) is 3. The van der Waals surface area contributed by atoms with E-state index in [-0.39, 0.29) is 0 Å². The molecule has 0 N–H and O–H groups in total. The minimum absolute atomic E-state index is 1.15. The van der Waals surface area contributed by atoms with Crippen LogP contribution in [0.1, 0.15) is 0 Å². The highest BCUT2D eigenvalue weighted by atomic mass is 32.1. The van der Waals surface area contributed by atoms with Crippen LogP contribution in [0.5, 0.6) is 0 Å². The summed E-state index contributed by atoms with van der Waals surface area (Å²) in [6, 6.07) is 50.6. The molecule has 1 nitrogen and oxygen atoms in total.